The van der Waals surface area contributed by atoms with Crippen molar-refractivity contribution in [2.45, 2.75) is 32.1 Å². The van der Waals surface area contributed by atoms with E-state index in [1.165, 1.54) is 14.7 Å². The van der Waals surface area contributed by atoms with E-state index >= 15 is 0 Å². The fourth-order valence-electron chi connectivity index (χ4n) is 0.946. The molecule has 0 radical (unpaired) electrons. The SMILES string of the molecule is O=C1CCCCC1.[I][Co][I]. The number of carbonyl (C=O) groups is 1. The second kappa shape index (κ2) is 8.73. The van der Waals surface area contributed by atoms with Crippen LogP contribution in [0.1, 0.15) is 32.1 Å². The van der Waals surface area contributed by atoms with Gasteiger partial charge < -0.3 is 0 Å². The van der Waals surface area contributed by atoms with E-state index in [-0.39, 0.29) is 0 Å². The predicted octanol–water partition coefficient (Wildman–Crippen LogP) is 3.29. The Balaban J connectivity index is 0.000000236. The van der Waals surface area contributed by atoms with Crippen LogP contribution in [0.2, 0.25) is 0 Å². The van der Waals surface area contributed by atoms with Crippen LogP contribution < -0.4 is 0 Å². The third-order valence-corrected chi connectivity index (χ3v) is 1.41. The van der Waals surface area contributed by atoms with Crippen LogP contribution in [0, 0.1) is 0 Å². The summed E-state index contributed by atoms with van der Waals surface area (Å²) >= 11 is 4.49. The van der Waals surface area contributed by atoms with E-state index in [0.29, 0.717) is 5.78 Å². The Hall–Kier alpha value is 1.64. The van der Waals surface area contributed by atoms with Gasteiger partial charge in [-0.25, -0.2) is 0 Å². The fourth-order valence-corrected chi connectivity index (χ4v) is 0.946. The minimum atomic E-state index is 0.464. The Morgan fingerprint density at radius 1 is 1.10 bits per heavy atom. The minimum absolute atomic E-state index is 0.464. The molecule has 1 fully saturated rings. The zero-order valence-electron chi connectivity index (χ0n) is 5.53. The molecule has 0 aromatic heterocycles. The summed E-state index contributed by atoms with van der Waals surface area (Å²) < 4.78 is 0. The van der Waals surface area contributed by atoms with Crippen LogP contribution in [0.4, 0.5) is 0 Å². The maximum absolute atomic E-state index is 10.5. The molecule has 1 aliphatic carbocycles. The van der Waals surface area contributed by atoms with Crippen molar-refractivity contribution in [1.82, 2.24) is 0 Å². The molecule has 0 aromatic rings. The van der Waals surface area contributed by atoms with E-state index < -0.39 is 0 Å². The quantitative estimate of drug-likeness (QED) is 0.560. The van der Waals surface area contributed by atoms with Crippen molar-refractivity contribution in [3.8, 4) is 0 Å². The van der Waals surface area contributed by atoms with Crippen LogP contribution in [0.15, 0.2) is 0 Å². The third-order valence-electron chi connectivity index (χ3n) is 1.41. The Kier molecular flexibility index (Phi) is 10.2. The van der Waals surface area contributed by atoms with Crippen LogP contribution in [0.3, 0.4) is 0 Å². The number of hydrogen-bond donors (Lipinski definition) is 0. The zero-order valence-corrected chi connectivity index (χ0v) is 10.9. The Labute approximate surface area is 90.7 Å². The molecule has 0 saturated heterocycles. The Morgan fingerprint density at radius 2 is 1.50 bits per heavy atom. The molecular weight excluding hydrogens is 401 g/mol. The summed E-state index contributed by atoms with van der Waals surface area (Å²) in [5.41, 5.74) is 0. The Morgan fingerprint density at radius 3 is 1.70 bits per heavy atom. The van der Waals surface area contributed by atoms with Crippen molar-refractivity contribution in [3.05, 3.63) is 0 Å². The van der Waals surface area contributed by atoms with Crippen LogP contribution in [-0.4, -0.2) is 5.78 Å². The second-order valence-electron chi connectivity index (χ2n) is 2.15. The monoisotopic (exact) mass is 411 g/mol. The van der Waals surface area contributed by atoms with Crippen molar-refractivity contribution >= 4 is 46.6 Å². The van der Waals surface area contributed by atoms with Crippen LogP contribution >= 0.6 is 40.8 Å². The van der Waals surface area contributed by atoms with Gasteiger partial charge in [-0.2, -0.15) is 0 Å². The number of ketones is 1. The first-order valence-corrected chi connectivity index (χ1v) is 9.88. The summed E-state index contributed by atoms with van der Waals surface area (Å²) in [7, 11) is 1.38. The average molecular weight is 411 g/mol. The van der Waals surface area contributed by atoms with Crippen LogP contribution in [-0.2, 0) is 13.1 Å². The van der Waals surface area contributed by atoms with Gasteiger partial charge in [0.1, 0.15) is 5.78 Å². The summed E-state index contributed by atoms with van der Waals surface area (Å²) in [6.07, 6.45) is 5.24. The first-order chi connectivity index (χ1) is 4.81. The van der Waals surface area contributed by atoms with E-state index in [0.717, 1.165) is 25.7 Å². The van der Waals surface area contributed by atoms with E-state index in [1.807, 2.05) is 0 Å². The third kappa shape index (κ3) is 7.74. The summed E-state index contributed by atoms with van der Waals surface area (Å²) in [6, 6.07) is 0. The molecule has 0 heterocycles. The zero-order chi connectivity index (χ0) is 7.82. The molecule has 0 amide bonds. The van der Waals surface area contributed by atoms with E-state index in [9.17, 15) is 4.79 Å². The number of carbonyl (C=O) groups excluding carboxylic acids is 1. The molecule has 0 unspecified atom stereocenters. The van der Waals surface area contributed by atoms with E-state index in [4.69, 9.17) is 0 Å². The molecule has 0 atom stereocenters. The second-order valence-corrected chi connectivity index (χ2v) is 10.9. The molecule has 0 N–H and O–H groups in total. The van der Waals surface area contributed by atoms with Gasteiger partial charge in [-0.05, 0) is 12.8 Å². The molecule has 63 valence electrons. The van der Waals surface area contributed by atoms with Crippen molar-refractivity contribution in [1.29, 1.82) is 0 Å². The van der Waals surface area contributed by atoms with Gasteiger partial charge in [0.2, 0.25) is 0 Å². The summed E-state index contributed by atoms with van der Waals surface area (Å²) in [5.74, 6) is 0.464. The van der Waals surface area contributed by atoms with Crippen molar-refractivity contribution < 1.29 is 13.1 Å². The molecule has 0 spiro atoms. The van der Waals surface area contributed by atoms with Gasteiger partial charge in [-0.15, -0.1) is 0 Å². The van der Waals surface area contributed by atoms with Gasteiger partial charge in [-0.3, -0.25) is 4.79 Å². The van der Waals surface area contributed by atoms with Crippen LogP contribution in [0.5, 0.6) is 0 Å². The molecule has 10 heavy (non-hydrogen) atoms. The topological polar surface area (TPSA) is 17.1 Å². The number of Topliss-reactive ketones (excluding diaryl/α,β-unsaturated/α-hetero) is 1. The molecule has 0 aromatic carbocycles. The first kappa shape index (κ1) is 11.6. The summed E-state index contributed by atoms with van der Waals surface area (Å²) in [4.78, 5) is 10.5. The molecule has 1 rings (SSSR count). The number of halogens is 2. The van der Waals surface area contributed by atoms with E-state index in [1.54, 1.807) is 0 Å². The molecule has 0 aliphatic heterocycles. The van der Waals surface area contributed by atoms with Gasteiger partial charge >= 0.3 is 49.1 Å². The fraction of sp³-hybridized carbons (Fsp3) is 0.833. The van der Waals surface area contributed by atoms with E-state index in [2.05, 4.69) is 40.8 Å². The van der Waals surface area contributed by atoms with Gasteiger partial charge in [0.05, 0.1) is 0 Å². The normalized spacial score (nSPS) is 18.0. The predicted molar refractivity (Wildman–Crippen MR) is 56.1 cm³/mol. The van der Waals surface area contributed by atoms with Crippen molar-refractivity contribution in [3.63, 3.8) is 0 Å². The van der Waals surface area contributed by atoms with Gasteiger partial charge in [0, 0.05) is 12.8 Å². The van der Waals surface area contributed by atoms with Gasteiger partial charge in [-0.1, -0.05) is 6.42 Å². The number of rotatable bonds is 0. The van der Waals surface area contributed by atoms with Gasteiger partial charge in [0.25, 0.3) is 0 Å². The maximum atomic E-state index is 10.5. The summed E-state index contributed by atoms with van der Waals surface area (Å²) in [6.45, 7) is 0. The first-order valence-electron chi connectivity index (χ1n) is 3.16. The van der Waals surface area contributed by atoms with Crippen LogP contribution in [0.25, 0.3) is 0 Å². The standard InChI is InChI=1S/C6H10O.Co.2HI/c7-6-4-2-1-3-5-6;;;/h1-5H2;;2*1H/q;+2;;/p-2. The molecule has 0 bridgehead atoms. The molecule has 1 nitrogen and oxygen atoms in total. The average Bonchev–Trinajstić information content (AvgIpc) is 1.91. The van der Waals surface area contributed by atoms with Gasteiger partial charge in [0.15, 0.2) is 0 Å². The van der Waals surface area contributed by atoms with Crippen molar-refractivity contribution in [2.24, 2.45) is 0 Å². The molecule has 1 saturated carbocycles. The summed E-state index contributed by atoms with van der Waals surface area (Å²) in [5, 5.41) is 0. The molecular formula is C6H10CoI2O. The molecule has 1 aliphatic rings. The van der Waals surface area contributed by atoms with Crippen molar-refractivity contribution in [2.75, 3.05) is 0 Å². The number of hydrogen-bond acceptors (Lipinski definition) is 1. The molecule has 4 heteroatoms. The Bertz CT molecular complexity index is 89.7.